The fourth-order valence-electron chi connectivity index (χ4n) is 5.67. The largest absolute Gasteiger partial charge is 0.349 e. The highest BCUT2D eigenvalue weighted by Gasteiger charge is 2.51. The van der Waals surface area contributed by atoms with E-state index < -0.39 is 10.5 Å². The van der Waals surface area contributed by atoms with Crippen molar-refractivity contribution in [2.75, 3.05) is 0 Å². The molecule has 1 N–H and O–H groups in total. The van der Waals surface area contributed by atoms with Crippen LogP contribution in [0.4, 0.5) is 5.69 Å². The highest BCUT2D eigenvalue weighted by molar-refractivity contribution is 5.76. The molecule has 136 valence electrons. The van der Waals surface area contributed by atoms with Crippen molar-refractivity contribution < 1.29 is 9.72 Å². The molecule has 0 saturated heterocycles. The summed E-state index contributed by atoms with van der Waals surface area (Å²) in [6.07, 6.45) is 7.75. The molecule has 4 aliphatic rings. The van der Waals surface area contributed by atoms with Gasteiger partial charge in [0.05, 0.1) is 11.1 Å². The van der Waals surface area contributed by atoms with E-state index in [1.807, 2.05) is 0 Å². The molecule has 0 spiro atoms. The van der Waals surface area contributed by atoms with Gasteiger partial charge in [-0.05, 0) is 56.3 Å². The number of rotatable bonds is 4. The molecular weight excluding hydrogens is 336 g/mol. The highest BCUT2D eigenvalue weighted by atomic mass is 16.6. The van der Waals surface area contributed by atoms with E-state index in [2.05, 4.69) is 5.32 Å². The minimum atomic E-state index is -0.682. The Morgan fingerprint density at radius 1 is 1.31 bits per heavy atom. The van der Waals surface area contributed by atoms with Gasteiger partial charge >= 0.3 is 0 Å². The highest BCUT2D eigenvalue weighted by Crippen LogP contribution is 2.55. The second kappa shape index (κ2) is 5.94. The molecule has 0 unspecified atom stereocenters. The van der Waals surface area contributed by atoms with Gasteiger partial charge in [0.1, 0.15) is 18.2 Å². The Labute approximate surface area is 150 Å². The predicted molar refractivity (Wildman–Crippen MR) is 91.1 cm³/mol. The van der Waals surface area contributed by atoms with Crippen molar-refractivity contribution in [3.05, 3.63) is 38.3 Å². The van der Waals surface area contributed by atoms with E-state index in [-0.39, 0.29) is 29.2 Å². The molecule has 0 aliphatic heterocycles. The molecule has 1 heterocycles. The number of hydrogen-bond acceptors (Lipinski definition) is 5. The Hall–Kier alpha value is -2.69. The van der Waals surface area contributed by atoms with Crippen molar-refractivity contribution in [3.63, 3.8) is 0 Å². The molecular formula is C18H20N4O4. The molecule has 5 rings (SSSR count). The minimum absolute atomic E-state index is 0.186. The topological polar surface area (TPSA) is 118 Å². The first-order valence-electron chi connectivity index (χ1n) is 8.97. The van der Waals surface area contributed by atoms with Gasteiger partial charge in [0, 0.05) is 11.6 Å². The standard InChI is InChI=1S/C18H20N4O4/c19-8-14-4-15(22(25)26)9-21(17(14)24)10-16(23)20-18-5-11-1-12(6-18)3-13(2-11)7-18/h4,9,11-13H,1-3,5-7,10H2,(H,20,23). The first-order chi connectivity index (χ1) is 12.4. The van der Waals surface area contributed by atoms with Crippen molar-refractivity contribution in [2.45, 2.75) is 50.6 Å². The lowest BCUT2D eigenvalue weighted by molar-refractivity contribution is -0.385. The lowest BCUT2D eigenvalue weighted by Crippen LogP contribution is -2.60. The van der Waals surface area contributed by atoms with E-state index in [1.54, 1.807) is 6.07 Å². The van der Waals surface area contributed by atoms with Crippen molar-refractivity contribution >= 4 is 11.6 Å². The van der Waals surface area contributed by atoms with Crippen LogP contribution >= 0.6 is 0 Å². The Morgan fingerprint density at radius 2 is 1.88 bits per heavy atom. The number of amides is 1. The number of hydrogen-bond donors (Lipinski definition) is 1. The number of nitrogens with zero attached hydrogens (tertiary/aromatic N) is 3. The summed E-state index contributed by atoms with van der Waals surface area (Å²) in [5, 5.41) is 23.1. The Morgan fingerprint density at radius 3 is 2.38 bits per heavy atom. The van der Waals surface area contributed by atoms with Crippen LogP contribution in [0.1, 0.15) is 44.1 Å². The van der Waals surface area contributed by atoms with Crippen molar-refractivity contribution in [3.8, 4) is 6.07 Å². The number of pyridine rings is 1. The van der Waals surface area contributed by atoms with Gasteiger partial charge in [-0.1, -0.05) is 0 Å². The molecule has 0 radical (unpaired) electrons. The fourth-order valence-corrected chi connectivity index (χ4v) is 5.67. The summed E-state index contributed by atoms with van der Waals surface area (Å²) in [5.74, 6) is 1.70. The molecule has 8 heteroatoms. The SMILES string of the molecule is N#Cc1cc([N+](=O)[O-])cn(CC(=O)NC23CC4CC(CC(C4)C2)C3)c1=O. The van der Waals surface area contributed by atoms with Gasteiger partial charge in [-0.2, -0.15) is 5.26 Å². The van der Waals surface area contributed by atoms with Crippen molar-refractivity contribution in [1.29, 1.82) is 5.26 Å². The predicted octanol–water partition coefficient (Wildman–Crippen LogP) is 1.71. The van der Waals surface area contributed by atoms with Crippen LogP contribution in [0.5, 0.6) is 0 Å². The maximum Gasteiger partial charge on any atom is 0.287 e. The summed E-state index contributed by atoms with van der Waals surface area (Å²) in [5.41, 5.74) is -1.57. The second-order valence-corrected chi connectivity index (χ2v) is 8.16. The molecule has 8 nitrogen and oxygen atoms in total. The van der Waals surface area contributed by atoms with Gasteiger partial charge < -0.3 is 5.32 Å². The van der Waals surface area contributed by atoms with Gasteiger partial charge in [0.25, 0.3) is 11.2 Å². The van der Waals surface area contributed by atoms with Crippen LogP contribution in [-0.4, -0.2) is 20.9 Å². The van der Waals surface area contributed by atoms with E-state index >= 15 is 0 Å². The normalized spacial score (nSPS) is 31.4. The molecule has 4 aliphatic carbocycles. The van der Waals surface area contributed by atoms with Gasteiger partial charge in [0.2, 0.25) is 5.91 Å². The van der Waals surface area contributed by atoms with E-state index in [1.165, 1.54) is 19.3 Å². The molecule has 26 heavy (non-hydrogen) atoms. The quantitative estimate of drug-likeness (QED) is 0.651. The number of aromatic nitrogens is 1. The summed E-state index contributed by atoms with van der Waals surface area (Å²) in [4.78, 5) is 35.1. The Kier molecular flexibility index (Phi) is 3.83. The molecule has 0 aromatic carbocycles. The third kappa shape index (κ3) is 2.87. The Bertz CT molecular complexity index is 847. The molecule has 4 saturated carbocycles. The van der Waals surface area contributed by atoms with Gasteiger partial charge in [-0.3, -0.25) is 24.3 Å². The van der Waals surface area contributed by atoms with Crippen LogP contribution in [0.2, 0.25) is 0 Å². The summed E-state index contributed by atoms with van der Waals surface area (Å²) in [6, 6.07) is 2.60. The van der Waals surface area contributed by atoms with E-state index in [0.717, 1.165) is 36.1 Å². The van der Waals surface area contributed by atoms with Crippen LogP contribution in [0.3, 0.4) is 0 Å². The fraction of sp³-hybridized carbons (Fsp3) is 0.611. The maximum absolute atomic E-state index is 12.6. The zero-order valence-electron chi connectivity index (χ0n) is 14.3. The lowest BCUT2D eigenvalue weighted by atomic mass is 9.53. The Balaban J connectivity index is 1.54. The molecule has 4 fully saturated rings. The van der Waals surface area contributed by atoms with Crippen molar-refractivity contribution in [2.24, 2.45) is 17.8 Å². The number of carbonyl (C=O) groups excluding carboxylic acids is 1. The smallest absolute Gasteiger partial charge is 0.287 e. The maximum atomic E-state index is 12.6. The summed E-state index contributed by atoms with van der Waals surface area (Å²) >= 11 is 0. The van der Waals surface area contributed by atoms with Crippen LogP contribution in [-0.2, 0) is 11.3 Å². The van der Waals surface area contributed by atoms with Crippen molar-refractivity contribution in [1.82, 2.24) is 9.88 Å². The summed E-state index contributed by atoms with van der Waals surface area (Å²) in [7, 11) is 0. The molecule has 1 aromatic heterocycles. The number of nitro groups is 1. The third-order valence-electron chi connectivity index (χ3n) is 6.16. The lowest BCUT2D eigenvalue weighted by Gasteiger charge is -2.56. The van der Waals surface area contributed by atoms with Gasteiger partial charge in [0.15, 0.2) is 0 Å². The van der Waals surface area contributed by atoms with Gasteiger partial charge in [-0.25, -0.2) is 0 Å². The average Bonchev–Trinajstić information content (AvgIpc) is 2.54. The average molecular weight is 356 g/mol. The monoisotopic (exact) mass is 356 g/mol. The number of nitriles is 1. The second-order valence-electron chi connectivity index (χ2n) is 8.16. The van der Waals surface area contributed by atoms with E-state index in [4.69, 9.17) is 5.26 Å². The van der Waals surface area contributed by atoms with Crippen LogP contribution in [0, 0.1) is 39.2 Å². The zero-order chi connectivity index (χ0) is 18.5. The zero-order valence-corrected chi connectivity index (χ0v) is 14.3. The van der Waals surface area contributed by atoms with Crippen LogP contribution in [0.25, 0.3) is 0 Å². The molecule has 1 amide bonds. The van der Waals surface area contributed by atoms with Gasteiger partial charge in [-0.15, -0.1) is 0 Å². The summed E-state index contributed by atoms with van der Waals surface area (Å²) < 4.78 is 0.965. The first kappa shape index (κ1) is 16.8. The number of carbonyl (C=O) groups is 1. The summed E-state index contributed by atoms with van der Waals surface area (Å²) in [6.45, 7) is -0.309. The van der Waals surface area contributed by atoms with Crippen LogP contribution in [0.15, 0.2) is 17.1 Å². The van der Waals surface area contributed by atoms with Crippen LogP contribution < -0.4 is 10.9 Å². The minimum Gasteiger partial charge on any atom is -0.349 e. The first-order valence-corrected chi connectivity index (χ1v) is 8.97. The van der Waals surface area contributed by atoms with E-state index in [0.29, 0.717) is 17.8 Å². The molecule has 0 atom stereocenters. The molecule has 4 bridgehead atoms. The van der Waals surface area contributed by atoms with E-state index in [9.17, 15) is 19.7 Å². The molecule has 1 aromatic rings. The number of nitrogens with one attached hydrogen (secondary N) is 1. The third-order valence-corrected chi connectivity index (χ3v) is 6.16.